The lowest BCUT2D eigenvalue weighted by Crippen LogP contribution is -2.27. The highest BCUT2D eigenvalue weighted by Crippen LogP contribution is 2.25. The van der Waals surface area contributed by atoms with Gasteiger partial charge in [-0.25, -0.2) is 4.79 Å². The standard InChI is InChI=1S/C15H22O7/c1-15(21,6-2-3-13(18)19)7-8-22-14(20)10-4-5-11(16)12(17)9-10/h4-5,9,13,16-19,21H,2-3,6-8H2,1H3. The summed E-state index contributed by atoms with van der Waals surface area (Å²) >= 11 is 0. The first-order chi connectivity index (χ1) is 10.2. The molecule has 0 saturated carbocycles. The Hall–Kier alpha value is -1.83. The predicted molar refractivity (Wildman–Crippen MR) is 77.4 cm³/mol. The van der Waals surface area contributed by atoms with Crippen LogP contribution in [-0.4, -0.2) is 50.0 Å². The third-order valence-electron chi connectivity index (χ3n) is 3.26. The summed E-state index contributed by atoms with van der Waals surface area (Å²) in [6.45, 7) is 1.56. The van der Waals surface area contributed by atoms with Crippen molar-refractivity contribution in [1.82, 2.24) is 0 Å². The van der Waals surface area contributed by atoms with Crippen LogP contribution in [0.5, 0.6) is 11.5 Å². The number of aliphatic hydroxyl groups excluding tert-OH is 1. The Morgan fingerprint density at radius 1 is 1.23 bits per heavy atom. The molecule has 0 amide bonds. The van der Waals surface area contributed by atoms with Crippen molar-refractivity contribution in [2.24, 2.45) is 0 Å². The van der Waals surface area contributed by atoms with Crippen LogP contribution in [0.15, 0.2) is 18.2 Å². The van der Waals surface area contributed by atoms with E-state index in [4.69, 9.17) is 20.1 Å². The van der Waals surface area contributed by atoms with E-state index in [-0.39, 0.29) is 30.8 Å². The highest BCUT2D eigenvalue weighted by atomic mass is 16.5. The van der Waals surface area contributed by atoms with Crippen LogP contribution in [0.1, 0.15) is 43.0 Å². The fourth-order valence-corrected chi connectivity index (χ4v) is 1.89. The van der Waals surface area contributed by atoms with Crippen LogP contribution < -0.4 is 0 Å². The Morgan fingerprint density at radius 2 is 1.91 bits per heavy atom. The zero-order valence-electron chi connectivity index (χ0n) is 12.4. The number of hydrogen-bond acceptors (Lipinski definition) is 7. The Labute approximate surface area is 128 Å². The first-order valence-electron chi connectivity index (χ1n) is 6.99. The number of hydrogen-bond donors (Lipinski definition) is 5. The highest BCUT2D eigenvalue weighted by Gasteiger charge is 2.21. The van der Waals surface area contributed by atoms with Crippen molar-refractivity contribution in [2.45, 2.75) is 44.5 Å². The number of rotatable bonds is 8. The molecule has 0 saturated heterocycles. The van der Waals surface area contributed by atoms with E-state index in [9.17, 15) is 15.0 Å². The average molecular weight is 314 g/mol. The third kappa shape index (κ3) is 6.30. The van der Waals surface area contributed by atoms with E-state index in [1.165, 1.54) is 12.1 Å². The molecule has 1 rings (SSSR count). The molecule has 0 aliphatic heterocycles. The van der Waals surface area contributed by atoms with Gasteiger partial charge in [-0.2, -0.15) is 0 Å². The fourth-order valence-electron chi connectivity index (χ4n) is 1.89. The molecule has 0 fully saturated rings. The minimum Gasteiger partial charge on any atom is -0.504 e. The summed E-state index contributed by atoms with van der Waals surface area (Å²) in [6, 6.07) is 3.60. The van der Waals surface area contributed by atoms with E-state index >= 15 is 0 Å². The van der Waals surface area contributed by atoms with Crippen LogP contribution in [0.3, 0.4) is 0 Å². The van der Waals surface area contributed by atoms with Crippen LogP contribution in [0.2, 0.25) is 0 Å². The number of carbonyl (C=O) groups excluding carboxylic acids is 1. The zero-order valence-corrected chi connectivity index (χ0v) is 12.4. The smallest absolute Gasteiger partial charge is 0.338 e. The zero-order chi connectivity index (χ0) is 16.8. The average Bonchev–Trinajstić information content (AvgIpc) is 2.40. The molecule has 5 N–H and O–H groups in total. The van der Waals surface area contributed by atoms with E-state index in [1.807, 2.05) is 0 Å². The summed E-state index contributed by atoms with van der Waals surface area (Å²) in [5.74, 6) is -1.41. The molecule has 1 aromatic carbocycles. The Morgan fingerprint density at radius 3 is 2.50 bits per heavy atom. The van der Waals surface area contributed by atoms with Crippen LogP contribution in [-0.2, 0) is 4.74 Å². The van der Waals surface area contributed by atoms with Crippen molar-refractivity contribution in [3.63, 3.8) is 0 Å². The lowest BCUT2D eigenvalue weighted by molar-refractivity contribution is -0.0523. The van der Waals surface area contributed by atoms with Crippen LogP contribution >= 0.6 is 0 Å². The van der Waals surface area contributed by atoms with Gasteiger partial charge in [0.15, 0.2) is 17.8 Å². The molecular weight excluding hydrogens is 292 g/mol. The number of aliphatic hydroxyl groups is 3. The first-order valence-corrected chi connectivity index (χ1v) is 6.99. The lowest BCUT2D eigenvalue weighted by Gasteiger charge is -2.23. The number of ether oxygens (including phenoxy) is 1. The second-order valence-corrected chi connectivity index (χ2v) is 5.46. The van der Waals surface area contributed by atoms with Gasteiger partial charge >= 0.3 is 5.97 Å². The number of phenols is 2. The van der Waals surface area contributed by atoms with Gasteiger partial charge in [-0.1, -0.05) is 0 Å². The highest BCUT2D eigenvalue weighted by molar-refractivity contribution is 5.90. The second kappa shape index (κ2) is 7.98. The monoisotopic (exact) mass is 314 g/mol. The van der Waals surface area contributed by atoms with Gasteiger partial charge in [-0.3, -0.25) is 0 Å². The van der Waals surface area contributed by atoms with Crippen molar-refractivity contribution in [3.05, 3.63) is 23.8 Å². The summed E-state index contributed by atoms with van der Waals surface area (Å²) < 4.78 is 5.00. The molecular formula is C15H22O7. The van der Waals surface area contributed by atoms with Gasteiger partial charge < -0.3 is 30.3 Å². The van der Waals surface area contributed by atoms with Gasteiger partial charge in [0.2, 0.25) is 0 Å². The largest absolute Gasteiger partial charge is 0.504 e. The summed E-state index contributed by atoms with van der Waals surface area (Å²) in [4.78, 5) is 11.7. The molecule has 0 radical (unpaired) electrons. The molecule has 0 aromatic heterocycles. The van der Waals surface area contributed by atoms with Gasteiger partial charge in [0, 0.05) is 6.42 Å². The van der Waals surface area contributed by atoms with Crippen molar-refractivity contribution in [3.8, 4) is 11.5 Å². The molecule has 1 aromatic rings. The normalized spacial score (nSPS) is 13.9. The predicted octanol–water partition coefficient (Wildman–Crippen LogP) is 0.877. The third-order valence-corrected chi connectivity index (χ3v) is 3.26. The van der Waals surface area contributed by atoms with Gasteiger partial charge in [-0.05, 0) is 44.4 Å². The number of benzene rings is 1. The molecule has 0 aliphatic rings. The number of phenolic OH excluding ortho intramolecular Hbond substituents is 2. The molecule has 7 nitrogen and oxygen atoms in total. The van der Waals surface area contributed by atoms with Gasteiger partial charge in [0.25, 0.3) is 0 Å². The van der Waals surface area contributed by atoms with Crippen LogP contribution in [0.4, 0.5) is 0 Å². The maximum atomic E-state index is 11.7. The van der Waals surface area contributed by atoms with Crippen molar-refractivity contribution in [2.75, 3.05) is 6.61 Å². The van der Waals surface area contributed by atoms with Crippen molar-refractivity contribution >= 4 is 5.97 Å². The Balaban J connectivity index is 2.39. The first kappa shape index (κ1) is 18.2. The maximum Gasteiger partial charge on any atom is 0.338 e. The van der Waals surface area contributed by atoms with E-state index in [1.54, 1.807) is 6.92 Å². The molecule has 124 valence electrons. The molecule has 0 heterocycles. The van der Waals surface area contributed by atoms with Crippen molar-refractivity contribution in [1.29, 1.82) is 0 Å². The number of esters is 1. The Kier molecular flexibility index (Phi) is 6.61. The Bertz CT molecular complexity index is 497. The van der Waals surface area contributed by atoms with Crippen LogP contribution in [0.25, 0.3) is 0 Å². The molecule has 22 heavy (non-hydrogen) atoms. The molecule has 0 bridgehead atoms. The fraction of sp³-hybridized carbons (Fsp3) is 0.533. The molecule has 0 aliphatic carbocycles. The minimum atomic E-state index is -1.39. The number of carbonyl (C=O) groups is 1. The molecule has 0 spiro atoms. The summed E-state index contributed by atoms with van der Waals surface area (Å²) in [5.41, 5.74) is -0.981. The number of aromatic hydroxyl groups is 2. The molecule has 7 heteroatoms. The quantitative estimate of drug-likeness (QED) is 0.274. The maximum absolute atomic E-state index is 11.7. The minimum absolute atomic E-state index is 0.0187. The van der Waals surface area contributed by atoms with E-state index in [2.05, 4.69) is 0 Å². The second-order valence-electron chi connectivity index (χ2n) is 5.46. The van der Waals surface area contributed by atoms with E-state index in [0.29, 0.717) is 12.8 Å². The molecule has 1 atom stereocenters. The van der Waals surface area contributed by atoms with Gasteiger partial charge in [0.05, 0.1) is 17.8 Å². The van der Waals surface area contributed by atoms with E-state index in [0.717, 1.165) is 6.07 Å². The van der Waals surface area contributed by atoms with E-state index < -0.39 is 23.6 Å². The summed E-state index contributed by atoms with van der Waals surface area (Å²) in [6.07, 6.45) is -0.240. The van der Waals surface area contributed by atoms with Gasteiger partial charge in [-0.15, -0.1) is 0 Å². The SMILES string of the molecule is CC(O)(CCCC(O)O)CCOC(=O)c1ccc(O)c(O)c1. The van der Waals surface area contributed by atoms with Gasteiger partial charge in [0.1, 0.15) is 0 Å². The summed E-state index contributed by atoms with van der Waals surface area (Å²) in [7, 11) is 0. The summed E-state index contributed by atoms with van der Waals surface area (Å²) in [5, 5.41) is 46.0. The van der Waals surface area contributed by atoms with Crippen molar-refractivity contribution < 1.29 is 35.1 Å². The lowest BCUT2D eigenvalue weighted by atomic mass is 9.95. The van der Waals surface area contributed by atoms with Crippen LogP contribution in [0, 0.1) is 0 Å². The topological polar surface area (TPSA) is 127 Å². The molecule has 1 unspecified atom stereocenters.